The second kappa shape index (κ2) is 6.80. The van der Waals surface area contributed by atoms with E-state index >= 15 is 0 Å². The van der Waals surface area contributed by atoms with Gasteiger partial charge in [0.1, 0.15) is 11.6 Å². The molecule has 4 aromatic rings. The van der Waals surface area contributed by atoms with E-state index < -0.39 is 0 Å². The fourth-order valence-electron chi connectivity index (χ4n) is 3.83. The highest BCUT2D eigenvalue weighted by Gasteiger charge is 2.35. The summed E-state index contributed by atoms with van der Waals surface area (Å²) in [4.78, 5) is 0. The van der Waals surface area contributed by atoms with Gasteiger partial charge in [-0.25, -0.2) is 0 Å². The number of halogens is 1. The second-order valence-corrected chi connectivity index (χ2v) is 7.77. The van der Waals surface area contributed by atoms with Crippen LogP contribution >= 0.6 is 15.9 Å². The maximum atomic E-state index is 9.82. The Hall–Kier alpha value is -3.56. The third-order valence-electron chi connectivity index (χ3n) is 5.16. The minimum atomic E-state index is -0.374. The molecule has 5 rings (SSSR count). The molecule has 2 heterocycles. The molecule has 0 saturated heterocycles. The van der Waals surface area contributed by atoms with Crippen molar-refractivity contribution in [2.45, 2.75) is 5.92 Å². The van der Waals surface area contributed by atoms with Crippen molar-refractivity contribution in [3.8, 4) is 23.2 Å². The minimum Gasteiger partial charge on any atom is -0.420 e. The molecule has 140 valence electrons. The molecule has 0 fully saturated rings. The molecule has 0 spiro atoms. The number of nitriles is 1. The van der Waals surface area contributed by atoms with Crippen molar-refractivity contribution in [1.29, 1.82) is 5.26 Å². The molecule has 0 unspecified atom stereocenters. The van der Waals surface area contributed by atoms with Crippen molar-refractivity contribution in [3.63, 3.8) is 0 Å². The molecule has 3 aromatic carbocycles. The lowest BCUT2D eigenvalue weighted by Gasteiger charge is -2.24. The lowest BCUT2D eigenvalue weighted by molar-refractivity contribution is 0.379. The molecule has 1 atom stereocenters. The second-order valence-electron chi connectivity index (χ2n) is 6.86. The van der Waals surface area contributed by atoms with E-state index in [2.05, 4.69) is 56.5 Å². The van der Waals surface area contributed by atoms with Gasteiger partial charge in [0.25, 0.3) is 0 Å². The summed E-state index contributed by atoms with van der Waals surface area (Å²) in [5, 5.41) is 19.5. The highest BCUT2D eigenvalue weighted by molar-refractivity contribution is 9.10. The first-order valence-electron chi connectivity index (χ1n) is 9.06. The van der Waals surface area contributed by atoms with Gasteiger partial charge in [0.05, 0.1) is 17.2 Å². The molecule has 1 aliphatic rings. The van der Waals surface area contributed by atoms with Gasteiger partial charge in [0.2, 0.25) is 11.8 Å². The van der Waals surface area contributed by atoms with Crippen LogP contribution in [0.3, 0.4) is 0 Å². The van der Waals surface area contributed by atoms with Crippen LogP contribution in [0.2, 0.25) is 0 Å². The molecule has 6 heteroatoms. The maximum Gasteiger partial charge on any atom is 0.244 e. The first-order chi connectivity index (χ1) is 14.2. The van der Waals surface area contributed by atoms with Crippen LogP contribution in [0.1, 0.15) is 17.0 Å². The zero-order chi connectivity index (χ0) is 20.0. The van der Waals surface area contributed by atoms with Gasteiger partial charge in [0.15, 0.2) is 0 Å². The van der Waals surface area contributed by atoms with Gasteiger partial charge >= 0.3 is 0 Å². The molecule has 0 bridgehead atoms. The number of rotatable bonds is 2. The zero-order valence-electron chi connectivity index (χ0n) is 15.2. The zero-order valence-corrected chi connectivity index (χ0v) is 16.8. The summed E-state index contributed by atoms with van der Waals surface area (Å²) in [7, 11) is 0. The fourth-order valence-corrected chi connectivity index (χ4v) is 4.25. The van der Waals surface area contributed by atoms with Crippen LogP contribution in [-0.2, 0) is 0 Å². The molecule has 0 aliphatic carbocycles. The number of hydrogen-bond acceptors (Lipinski definition) is 4. The first kappa shape index (κ1) is 17.5. The van der Waals surface area contributed by atoms with Gasteiger partial charge < -0.3 is 10.5 Å². The van der Waals surface area contributed by atoms with E-state index in [1.807, 2.05) is 42.5 Å². The molecular formula is C23H15BrN4O. The van der Waals surface area contributed by atoms with Crippen molar-refractivity contribution < 1.29 is 4.74 Å². The van der Waals surface area contributed by atoms with Crippen molar-refractivity contribution in [2.24, 2.45) is 5.73 Å². The Labute approximate surface area is 175 Å². The molecule has 3 N–H and O–H groups in total. The normalized spacial score (nSPS) is 15.7. The Morgan fingerprint density at radius 2 is 1.86 bits per heavy atom. The van der Waals surface area contributed by atoms with Crippen LogP contribution in [-0.4, -0.2) is 10.2 Å². The standard InChI is InChI=1S/C23H15BrN4O/c24-17-7-3-6-15(11-17)19-18(12-25)22(26)29-23-20(19)21(27-28-23)16-9-8-13-4-1-2-5-14(13)10-16/h1-11,19H,26H2,(H,27,28)/t19-/m1/s1. The maximum absolute atomic E-state index is 9.82. The summed E-state index contributed by atoms with van der Waals surface area (Å²) in [5.74, 6) is 0.109. The van der Waals surface area contributed by atoms with Gasteiger partial charge in [-0.05, 0) is 34.5 Å². The Morgan fingerprint density at radius 1 is 1.03 bits per heavy atom. The molecule has 1 aliphatic heterocycles. The monoisotopic (exact) mass is 442 g/mol. The van der Waals surface area contributed by atoms with Crippen LogP contribution in [0.25, 0.3) is 22.0 Å². The highest BCUT2D eigenvalue weighted by Crippen LogP contribution is 2.46. The average Bonchev–Trinajstić information content (AvgIpc) is 3.15. The molecule has 1 aromatic heterocycles. The van der Waals surface area contributed by atoms with Gasteiger partial charge in [0, 0.05) is 10.0 Å². The number of benzene rings is 3. The summed E-state index contributed by atoms with van der Waals surface area (Å²) >= 11 is 3.52. The summed E-state index contributed by atoms with van der Waals surface area (Å²) in [6, 6.07) is 24.5. The van der Waals surface area contributed by atoms with E-state index in [4.69, 9.17) is 10.5 Å². The van der Waals surface area contributed by atoms with Gasteiger partial charge in [-0.15, -0.1) is 5.10 Å². The molecule has 5 nitrogen and oxygen atoms in total. The van der Waals surface area contributed by atoms with Crippen LogP contribution in [0.15, 0.2) is 82.7 Å². The van der Waals surface area contributed by atoms with E-state index in [0.717, 1.165) is 37.6 Å². The number of nitrogens with two attached hydrogens (primary N) is 1. The Kier molecular flexibility index (Phi) is 4.11. The van der Waals surface area contributed by atoms with Crippen LogP contribution in [0.5, 0.6) is 5.88 Å². The predicted octanol–water partition coefficient (Wildman–Crippen LogP) is 5.21. The number of aromatic amines is 1. The number of H-pyrrole nitrogens is 1. The number of nitrogens with one attached hydrogen (secondary N) is 1. The summed E-state index contributed by atoms with van der Waals surface area (Å²) < 4.78 is 6.61. The lowest BCUT2D eigenvalue weighted by atomic mass is 9.83. The smallest absolute Gasteiger partial charge is 0.244 e. The molecule has 0 amide bonds. The minimum absolute atomic E-state index is 0.0848. The Morgan fingerprint density at radius 3 is 2.66 bits per heavy atom. The highest BCUT2D eigenvalue weighted by atomic mass is 79.9. The first-order valence-corrected chi connectivity index (χ1v) is 9.85. The average molecular weight is 443 g/mol. The van der Waals surface area contributed by atoms with Gasteiger partial charge in [-0.2, -0.15) is 5.26 Å². The number of hydrogen-bond donors (Lipinski definition) is 2. The van der Waals surface area contributed by atoms with Crippen molar-refractivity contribution >= 4 is 26.7 Å². The van der Waals surface area contributed by atoms with E-state index in [1.165, 1.54) is 0 Å². The van der Waals surface area contributed by atoms with E-state index in [0.29, 0.717) is 11.5 Å². The van der Waals surface area contributed by atoms with Crippen molar-refractivity contribution in [1.82, 2.24) is 10.2 Å². The third-order valence-corrected chi connectivity index (χ3v) is 5.65. The van der Waals surface area contributed by atoms with Gasteiger partial charge in [-0.1, -0.05) is 64.5 Å². The van der Waals surface area contributed by atoms with E-state index in [1.54, 1.807) is 0 Å². The van der Waals surface area contributed by atoms with Crippen LogP contribution < -0.4 is 10.5 Å². The number of ether oxygens (including phenoxy) is 1. The van der Waals surface area contributed by atoms with Crippen molar-refractivity contribution in [3.05, 3.63) is 93.8 Å². The molecule has 0 radical (unpaired) electrons. The quantitative estimate of drug-likeness (QED) is 0.445. The number of allylic oxidation sites excluding steroid dienone is 1. The molecular weight excluding hydrogens is 428 g/mol. The Balaban J connectivity index is 1.74. The lowest BCUT2D eigenvalue weighted by Crippen LogP contribution is -2.21. The number of aromatic nitrogens is 2. The van der Waals surface area contributed by atoms with E-state index in [-0.39, 0.29) is 11.8 Å². The van der Waals surface area contributed by atoms with E-state index in [9.17, 15) is 5.26 Å². The SMILES string of the molecule is N#CC1=C(N)Oc2n[nH]c(-c3ccc4ccccc4c3)c2[C@@H]1c1cccc(Br)c1. The summed E-state index contributed by atoms with van der Waals surface area (Å²) in [6.07, 6.45) is 0. The summed E-state index contributed by atoms with van der Waals surface area (Å²) in [5.41, 5.74) is 9.97. The summed E-state index contributed by atoms with van der Waals surface area (Å²) in [6.45, 7) is 0. The topological polar surface area (TPSA) is 87.7 Å². The largest absolute Gasteiger partial charge is 0.420 e. The molecule has 0 saturated carbocycles. The Bertz CT molecular complexity index is 1330. The fraction of sp³-hybridized carbons (Fsp3) is 0.0435. The number of nitrogens with zero attached hydrogens (tertiary/aromatic N) is 2. The van der Waals surface area contributed by atoms with Gasteiger partial charge in [-0.3, -0.25) is 5.10 Å². The van der Waals surface area contributed by atoms with Crippen LogP contribution in [0.4, 0.5) is 0 Å². The van der Waals surface area contributed by atoms with Crippen LogP contribution in [0, 0.1) is 11.3 Å². The third kappa shape index (κ3) is 2.87. The van der Waals surface area contributed by atoms with Crippen molar-refractivity contribution in [2.75, 3.05) is 0 Å². The predicted molar refractivity (Wildman–Crippen MR) is 115 cm³/mol. The number of fused-ring (bicyclic) bond motifs is 2. The molecule has 29 heavy (non-hydrogen) atoms.